The van der Waals surface area contributed by atoms with Gasteiger partial charge >= 0.3 is 12.1 Å². The molecule has 1 unspecified atom stereocenters. The first kappa shape index (κ1) is 15.3. The van der Waals surface area contributed by atoms with E-state index in [9.17, 15) is 9.59 Å². The molecule has 20 heavy (non-hydrogen) atoms. The van der Waals surface area contributed by atoms with Crippen LogP contribution in [0.15, 0.2) is 24.3 Å². The number of nitrogens with one attached hydrogen (secondary N) is 1. The third-order valence-corrected chi connectivity index (χ3v) is 2.32. The van der Waals surface area contributed by atoms with Crippen LogP contribution in [0.5, 0.6) is 0 Å². The number of alkyl carbamates (subject to hydrolysis) is 1. The molecule has 0 spiro atoms. The summed E-state index contributed by atoms with van der Waals surface area (Å²) < 4.78 is 9.48. The molecule has 0 saturated heterocycles. The molecule has 1 aromatic carbocycles. The second kappa shape index (κ2) is 7.63. The zero-order valence-electron chi connectivity index (χ0n) is 11.0. The standard InChI is InChI=1S/C13H15N3O4/c1-9(12(17)19-7-6-14)16-13(18)20-8-10-2-4-11(15)5-3-10/h2-5,9H,7-8,15H2,1H3,(H,16,18). The Morgan fingerprint density at radius 3 is 2.60 bits per heavy atom. The Bertz CT molecular complexity index is 507. The average Bonchev–Trinajstić information content (AvgIpc) is 2.44. The number of rotatable bonds is 5. The fourth-order valence-corrected chi connectivity index (χ4v) is 1.27. The maximum Gasteiger partial charge on any atom is 0.408 e. The summed E-state index contributed by atoms with van der Waals surface area (Å²) >= 11 is 0. The summed E-state index contributed by atoms with van der Waals surface area (Å²) in [5.41, 5.74) is 6.92. The molecule has 0 radical (unpaired) electrons. The number of carbonyl (C=O) groups excluding carboxylic acids is 2. The van der Waals surface area contributed by atoms with E-state index < -0.39 is 18.1 Å². The van der Waals surface area contributed by atoms with Crippen molar-refractivity contribution in [1.29, 1.82) is 5.26 Å². The number of hydrogen-bond acceptors (Lipinski definition) is 6. The Morgan fingerprint density at radius 1 is 1.35 bits per heavy atom. The van der Waals surface area contributed by atoms with Crippen LogP contribution in [0.1, 0.15) is 12.5 Å². The summed E-state index contributed by atoms with van der Waals surface area (Å²) in [6, 6.07) is 7.62. The monoisotopic (exact) mass is 277 g/mol. The lowest BCUT2D eigenvalue weighted by Crippen LogP contribution is -2.39. The van der Waals surface area contributed by atoms with E-state index in [0.29, 0.717) is 5.69 Å². The summed E-state index contributed by atoms with van der Waals surface area (Å²) in [6.07, 6.45) is -0.747. The van der Waals surface area contributed by atoms with Gasteiger partial charge in [-0.05, 0) is 24.6 Å². The molecule has 106 valence electrons. The molecule has 1 amide bonds. The third-order valence-electron chi connectivity index (χ3n) is 2.32. The number of hydrogen-bond donors (Lipinski definition) is 2. The van der Waals surface area contributed by atoms with Crippen molar-refractivity contribution in [1.82, 2.24) is 5.32 Å². The van der Waals surface area contributed by atoms with Crippen molar-refractivity contribution >= 4 is 17.7 Å². The lowest BCUT2D eigenvalue weighted by Gasteiger charge is -2.12. The highest BCUT2D eigenvalue weighted by atomic mass is 16.6. The summed E-state index contributed by atoms with van der Waals surface area (Å²) in [4.78, 5) is 22.7. The van der Waals surface area contributed by atoms with Crippen molar-refractivity contribution in [3.63, 3.8) is 0 Å². The summed E-state index contributed by atoms with van der Waals surface area (Å²) in [5.74, 6) is -0.698. The van der Waals surface area contributed by atoms with Gasteiger partial charge in [-0.1, -0.05) is 12.1 Å². The maximum absolute atomic E-state index is 11.4. The largest absolute Gasteiger partial charge is 0.449 e. The number of anilines is 1. The Kier molecular flexibility index (Phi) is 5.84. The van der Waals surface area contributed by atoms with Crippen molar-refractivity contribution in [2.45, 2.75) is 19.6 Å². The van der Waals surface area contributed by atoms with Gasteiger partial charge < -0.3 is 20.5 Å². The lowest BCUT2D eigenvalue weighted by atomic mass is 10.2. The van der Waals surface area contributed by atoms with Crippen molar-refractivity contribution < 1.29 is 19.1 Å². The number of nitriles is 1. The van der Waals surface area contributed by atoms with Crippen molar-refractivity contribution in [2.75, 3.05) is 12.3 Å². The Labute approximate surface area is 116 Å². The summed E-state index contributed by atoms with van der Waals surface area (Å²) in [7, 11) is 0. The minimum Gasteiger partial charge on any atom is -0.449 e. The SMILES string of the molecule is CC(NC(=O)OCc1ccc(N)cc1)C(=O)OCC#N. The van der Waals surface area contributed by atoms with E-state index in [1.165, 1.54) is 6.92 Å². The molecule has 0 aliphatic rings. The van der Waals surface area contributed by atoms with Gasteiger partial charge in [-0.2, -0.15) is 5.26 Å². The first-order valence-electron chi connectivity index (χ1n) is 5.84. The molecule has 1 atom stereocenters. The Balaban J connectivity index is 2.34. The average molecular weight is 277 g/mol. The second-order valence-electron chi connectivity index (χ2n) is 3.95. The van der Waals surface area contributed by atoms with Crippen LogP contribution in [0.25, 0.3) is 0 Å². The van der Waals surface area contributed by atoms with E-state index in [1.807, 2.05) is 0 Å². The first-order chi connectivity index (χ1) is 9.52. The van der Waals surface area contributed by atoms with E-state index in [4.69, 9.17) is 15.7 Å². The molecule has 0 heterocycles. The predicted octanol–water partition coefficient (Wildman–Crippen LogP) is 0.950. The maximum atomic E-state index is 11.4. The molecule has 1 aromatic rings. The van der Waals surface area contributed by atoms with E-state index in [1.54, 1.807) is 30.3 Å². The highest BCUT2D eigenvalue weighted by molar-refractivity contribution is 5.80. The third kappa shape index (κ3) is 5.27. The molecule has 0 saturated carbocycles. The Hall–Kier alpha value is -2.75. The van der Waals surface area contributed by atoms with Gasteiger partial charge in [0.2, 0.25) is 0 Å². The molecule has 3 N–H and O–H groups in total. The van der Waals surface area contributed by atoms with E-state index in [-0.39, 0.29) is 13.2 Å². The van der Waals surface area contributed by atoms with E-state index in [0.717, 1.165) is 5.56 Å². The second-order valence-corrected chi connectivity index (χ2v) is 3.95. The van der Waals surface area contributed by atoms with Crippen LogP contribution < -0.4 is 11.1 Å². The van der Waals surface area contributed by atoms with Gasteiger partial charge in [0.05, 0.1) is 0 Å². The molecule has 0 fully saturated rings. The number of nitrogens with two attached hydrogens (primary N) is 1. The number of nitrogens with zero attached hydrogens (tertiary/aromatic N) is 1. The molecule has 7 nitrogen and oxygen atoms in total. The quantitative estimate of drug-likeness (QED) is 0.611. The highest BCUT2D eigenvalue weighted by Gasteiger charge is 2.17. The lowest BCUT2D eigenvalue weighted by molar-refractivity contribution is -0.144. The van der Waals surface area contributed by atoms with Crippen LogP contribution in [-0.4, -0.2) is 24.7 Å². The van der Waals surface area contributed by atoms with E-state index in [2.05, 4.69) is 10.1 Å². The van der Waals surface area contributed by atoms with Gasteiger partial charge in [0.15, 0.2) is 6.61 Å². The molecular formula is C13H15N3O4. The topological polar surface area (TPSA) is 114 Å². The van der Waals surface area contributed by atoms with Gasteiger partial charge in [-0.25, -0.2) is 9.59 Å². The van der Waals surface area contributed by atoms with Crippen molar-refractivity contribution in [2.24, 2.45) is 0 Å². The van der Waals surface area contributed by atoms with Crippen molar-refractivity contribution in [3.05, 3.63) is 29.8 Å². The van der Waals surface area contributed by atoms with Gasteiger partial charge in [0.25, 0.3) is 0 Å². The Morgan fingerprint density at radius 2 is 2.00 bits per heavy atom. The van der Waals surface area contributed by atoms with Gasteiger partial charge in [-0.3, -0.25) is 0 Å². The number of ether oxygens (including phenoxy) is 2. The summed E-state index contributed by atoms with van der Waals surface area (Å²) in [6.45, 7) is 1.14. The number of carbonyl (C=O) groups is 2. The molecule has 0 aliphatic heterocycles. The molecule has 1 rings (SSSR count). The van der Waals surface area contributed by atoms with Crippen LogP contribution in [0.3, 0.4) is 0 Å². The smallest absolute Gasteiger partial charge is 0.408 e. The molecular weight excluding hydrogens is 262 g/mol. The fraction of sp³-hybridized carbons (Fsp3) is 0.308. The zero-order valence-corrected chi connectivity index (χ0v) is 11.0. The fourth-order valence-electron chi connectivity index (χ4n) is 1.27. The highest BCUT2D eigenvalue weighted by Crippen LogP contribution is 2.06. The van der Waals surface area contributed by atoms with Crippen LogP contribution in [-0.2, 0) is 20.9 Å². The van der Waals surface area contributed by atoms with Gasteiger partial charge in [0.1, 0.15) is 18.7 Å². The summed E-state index contributed by atoms with van der Waals surface area (Å²) in [5, 5.41) is 10.6. The van der Waals surface area contributed by atoms with Crippen LogP contribution in [0.2, 0.25) is 0 Å². The molecule has 0 bridgehead atoms. The van der Waals surface area contributed by atoms with Gasteiger partial charge in [-0.15, -0.1) is 0 Å². The predicted molar refractivity (Wildman–Crippen MR) is 70.2 cm³/mol. The number of amides is 1. The van der Waals surface area contributed by atoms with Crippen molar-refractivity contribution in [3.8, 4) is 6.07 Å². The molecule has 0 aliphatic carbocycles. The number of esters is 1. The number of nitrogen functional groups attached to an aromatic ring is 1. The van der Waals surface area contributed by atoms with Crippen LogP contribution in [0.4, 0.5) is 10.5 Å². The zero-order chi connectivity index (χ0) is 15.0. The van der Waals surface area contributed by atoms with E-state index >= 15 is 0 Å². The molecule has 0 aromatic heterocycles. The minimum absolute atomic E-state index is 0.0616. The first-order valence-corrected chi connectivity index (χ1v) is 5.84. The van der Waals surface area contributed by atoms with Gasteiger partial charge in [0, 0.05) is 5.69 Å². The molecule has 7 heteroatoms. The normalized spacial score (nSPS) is 11.0. The van der Waals surface area contributed by atoms with Crippen LogP contribution in [0, 0.1) is 11.3 Å². The number of benzene rings is 1. The minimum atomic E-state index is -0.887. The van der Waals surface area contributed by atoms with Crippen LogP contribution >= 0.6 is 0 Å².